The van der Waals surface area contributed by atoms with Crippen LogP contribution in [0.5, 0.6) is 0 Å². The number of aromatic amines is 1. The predicted octanol–water partition coefficient (Wildman–Crippen LogP) is 2.35. The summed E-state index contributed by atoms with van der Waals surface area (Å²) in [6.45, 7) is 4.46. The summed E-state index contributed by atoms with van der Waals surface area (Å²) in [7, 11) is 0. The van der Waals surface area contributed by atoms with Gasteiger partial charge in [0.05, 0.1) is 17.9 Å². The van der Waals surface area contributed by atoms with E-state index in [4.69, 9.17) is 0 Å². The Morgan fingerprint density at radius 2 is 2.06 bits per heavy atom. The fourth-order valence-corrected chi connectivity index (χ4v) is 4.28. The average molecular weight is 468 g/mol. The van der Waals surface area contributed by atoms with Gasteiger partial charge in [-0.2, -0.15) is 5.10 Å². The minimum Gasteiger partial charge on any atom is -0.356 e. The first-order chi connectivity index (χ1) is 16.0. The van der Waals surface area contributed by atoms with Crippen LogP contribution in [0.25, 0.3) is 0 Å². The zero-order valence-electron chi connectivity index (χ0n) is 18.4. The number of fused-ring (bicyclic) bond motifs is 3. The number of nitrogens with zero attached hydrogens (tertiary/aromatic N) is 4. The van der Waals surface area contributed by atoms with Gasteiger partial charge in [-0.1, -0.05) is 37.2 Å². The van der Waals surface area contributed by atoms with Crippen molar-refractivity contribution in [1.82, 2.24) is 20.4 Å². The Morgan fingerprint density at radius 3 is 2.82 bits per heavy atom. The van der Waals surface area contributed by atoms with Crippen molar-refractivity contribution in [1.29, 1.82) is 0 Å². The van der Waals surface area contributed by atoms with E-state index in [2.05, 4.69) is 30.8 Å². The maximum Gasteiger partial charge on any atom is 0.259 e. The van der Waals surface area contributed by atoms with E-state index >= 15 is 0 Å². The number of carbonyl (C=O) groups is 3. The van der Waals surface area contributed by atoms with Crippen LogP contribution in [0.1, 0.15) is 37.4 Å². The Bertz CT molecular complexity index is 1140. The molecule has 3 heterocycles. The highest BCUT2D eigenvalue weighted by atomic mass is 32.2. The van der Waals surface area contributed by atoms with Gasteiger partial charge in [0.2, 0.25) is 11.8 Å². The van der Waals surface area contributed by atoms with Gasteiger partial charge in [0.15, 0.2) is 11.0 Å². The third kappa shape index (κ3) is 5.14. The van der Waals surface area contributed by atoms with Gasteiger partial charge in [0.25, 0.3) is 5.91 Å². The first kappa shape index (κ1) is 22.7. The van der Waals surface area contributed by atoms with Crippen LogP contribution in [-0.2, 0) is 14.4 Å². The number of hydrogen-bond donors (Lipinski definition) is 3. The lowest BCUT2D eigenvalue weighted by atomic mass is 10.1. The van der Waals surface area contributed by atoms with E-state index < -0.39 is 6.04 Å². The topological polar surface area (TPSA) is 132 Å². The van der Waals surface area contributed by atoms with E-state index in [9.17, 15) is 14.4 Å². The molecule has 1 unspecified atom stereocenters. The van der Waals surface area contributed by atoms with Gasteiger partial charge in [-0.3, -0.25) is 24.5 Å². The summed E-state index contributed by atoms with van der Waals surface area (Å²) in [5, 5.41) is 12.7. The van der Waals surface area contributed by atoms with Crippen LogP contribution in [-0.4, -0.2) is 62.2 Å². The Balaban J connectivity index is 1.49. The number of anilines is 1. The molecule has 33 heavy (non-hydrogen) atoms. The molecule has 10 nitrogen and oxygen atoms in total. The summed E-state index contributed by atoms with van der Waals surface area (Å²) in [5.74, 6) is 0.126. The molecule has 0 aliphatic carbocycles. The number of aromatic nitrogens is 2. The fourth-order valence-electron chi connectivity index (χ4n) is 3.48. The molecular weight excluding hydrogens is 442 g/mol. The third-order valence-electron chi connectivity index (χ3n) is 5.08. The van der Waals surface area contributed by atoms with Crippen LogP contribution in [0, 0.1) is 6.92 Å². The highest BCUT2D eigenvalue weighted by Gasteiger charge is 2.42. The first-order valence-electron chi connectivity index (χ1n) is 10.8. The largest absolute Gasteiger partial charge is 0.356 e. The molecule has 1 aromatic carbocycles. The number of carbonyl (C=O) groups excluding carboxylic acids is 3. The van der Waals surface area contributed by atoms with E-state index in [0.717, 1.165) is 35.9 Å². The third-order valence-corrected chi connectivity index (χ3v) is 6.02. The Morgan fingerprint density at radius 1 is 1.24 bits per heavy atom. The minimum absolute atomic E-state index is 0.0261. The summed E-state index contributed by atoms with van der Waals surface area (Å²) in [6.07, 6.45) is 1.83. The van der Waals surface area contributed by atoms with Crippen molar-refractivity contribution < 1.29 is 14.4 Å². The number of aryl methyl sites for hydroxylation is 1. The van der Waals surface area contributed by atoms with Crippen LogP contribution in [0.3, 0.4) is 0 Å². The molecule has 0 fully saturated rings. The molecule has 2 aliphatic rings. The molecule has 4 rings (SSSR count). The predicted molar refractivity (Wildman–Crippen MR) is 128 cm³/mol. The van der Waals surface area contributed by atoms with E-state index in [0.29, 0.717) is 29.1 Å². The Kier molecular flexibility index (Phi) is 6.87. The molecule has 0 saturated heterocycles. The molecule has 0 saturated carbocycles. The van der Waals surface area contributed by atoms with Gasteiger partial charge < -0.3 is 10.6 Å². The number of amidine groups is 2. The Hall–Kier alpha value is -3.47. The number of hydrogen-bond acceptors (Lipinski definition) is 7. The maximum atomic E-state index is 13.2. The molecule has 1 atom stereocenters. The number of rotatable bonds is 8. The second-order valence-corrected chi connectivity index (χ2v) is 8.68. The quantitative estimate of drug-likeness (QED) is 0.513. The molecule has 3 amide bonds. The van der Waals surface area contributed by atoms with Crippen molar-refractivity contribution >= 4 is 52.0 Å². The summed E-state index contributed by atoms with van der Waals surface area (Å²) in [5.41, 5.74) is 2.22. The van der Waals surface area contributed by atoms with Gasteiger partial charge in [-0.25, -0.2) is 9.89 Å². The highest BCUT2D eigenvalue weighted by molar-refractivity contribution is 8.14. The van der Waals surface area contributed by atoms with Gasteiger partial charge >= 0.3 is 0 Å². The molecule has 0 radical (unpaired) electrons. The van der Waals surface area contributed by atoms with Crippen molar-refractivity contribution in [2.75, 3.05) is 17.6 Å². The first-order valence-corrected chi connectivity index (χ1v) is 11.8. The molecule has 2 aliphatic heterocycles. The van der Waals surface area contributed by atoms with Gasteiger partial charge in [-0.15, -0.1) is 0 Å². The van der Waals surface area contributed by atoms with Crippen molar-refractivity contribution in [3.05, 3.63) is 41.6 Å². The number of amides is 3. The Labute approximate surface area is 195 Å². The van der Waals surface area contributed by atoms with Crippen molar-refractivity contribution in [2.45, 2.75) is 39.2 Å². The number of thioether (sulfide) groups is 1. The molecule has 172 valence electrons. The zero-order valence-corrected chi connectivity index (χ0v) is 19.2. The second-order valence-electron chi connectivity index (χ2n) is 7.73. The van der Waals surface area contributed by atoms with E-state index in [1.807, 2.05) is 38.1 Å². The molecule has 11 heteroatoms. The van der Waals surface area contributed by atoms with Crippen LogP contribution in [0.2, 0.25) is 0 Å². The number of unbranched alkanes of at least 4 members (excludes halogenated alkanes) is 1. The standard InChI is InChI=1S/C22H25N7O3S/c1-3-4-9-23-18(30)11-16-21(32)29-20(24-16)14-7-5-6-8-15(14)25-22(29)33-12-19(31)26-17-10-13(2)27-28-17/h5-8,10,16H,3-4,9,11-12H2,1-2H3,(H,23,30)(H2,26,27,28,31). The summed E-state index contributed by atoms with van der Waals surface area (Å²) >= 11 is 1.14. The van der Waals surface area contributed by atoms with Gasteiger partial charge in [0.1, 0.15) is 11.9 Å². The van der Waals surface area contributed by atoms with Crippen molar-refractivity contribution in [2.24, 2.45) is 9.98 Å². The summed E-state index contributed by atoms with van der Waals surface area (Å²) < 4.78 is 0. The normalized spacial score (nSPS) is 16.6. The number of para-hydroxylation sites is 1. The van der Waals surface area contributed by atoms with Crippen molar-refractivity contribution in [3.8, 4) is 0 Å². The van der Waals surface area contributed by atoms with Crippen LogP contribution < -0.4 is 10.6 Å². The highest BCUT2D eigenvalue weighted by Crippen LogP contribution is 2.34. The molecule has 0 spiro atoms. The van der Waals surface area contributed by atoms with Gasteiger partial charge in [0, 0.05) is 23.9 Å². The summed E-state index contributed by atoms with van der Waals surface area (Å²) in [6, 6.07) is 8.28. The minimum atomic E-state index is -0.820. The molecule has 3 N–H and O–H groups in total. The zero-order chi connectivity index (χ0) is 23.4. The van der Waals surface area contributed by atoms with Crippen LogP contribution in [0.15, 0.2) is 40.3 Å². The molecule has 0 bridgehead atoms. The lowest BCUT2D eigenvalue weighted by Crippen LogP contribution is -2.42. The van der Waals surface area contributed by atoms with E-state index in [1.165, 1.54) is 4.90 Å². The van der Waals surface area contributed by atoms with Crippen molar-refractivity contribution in [3.63, 3.8) is 0 Å². The van der Waals surface area contributed by atoms with E-state index in [1.54, 1.807) is 6.07 Å². The average Bonchev–Trinajstić information content (AvgIpc) is 3.35. The molecular formula is C22H25N7O3S. The number of H-pyrrole nitrogens is 1. The lowest BCUT2D eigenvalue weighted by molar-refractivity contribution is -0.128. The second kappa shape index (κ2) is 9.99. The summed E-state index contributed by atoms with van der Waals surface area (Å²) in [4.78, 5) is 48.5. The lowest BCUT2D eigenvalue weighted by Gasteiger charge is -2.25. The molecule has 1 aromatic heterocycles. The number of aliphatic imine (C=N–C) groups is 2. The maximum absolute atomic E-state index is 13.2. The number of nitrogens with one attached hydrogen (secondary N) is 3. The van der Waals surface area contributed by atoms with E-state index in [-0.39, 0.29) is 29.9 Å². The van der Waals surface area contributed by atoms with Gasteiger partial charge in [-0.05, 0) is 25.5 Å². The van der Waals surface area contributed by atoms with Crippen LogP contribution >= 0.6 is 11.8 Å². The number of benzene rings is 1. The molecule has 2 aromatic rings. The SMILES string of the molecule is CCCCNC(=O)CC1N=C2c3ccccc3N=C(SCC(=O)Nc3cc(C)[nH]n3)N2C1=O. The van der Waals surface area contributed by atoms with Crippen LogP contribution in [0.4, 0.5) is 11.5 Å². The monoisotopic (exact) mass is 467 g/mol. The fraction of sp³-hybridized carbons (Fsp3) is 0.364. The smallest absolute Gasteiger partial charge is 0.259 e.